The summed E-state index contributed by atoms with van der Waals surface area (Å²) < 4.78 is 5.16. The van der Waals surface area contributed by atoms with Crippen molar-refractivity contribution in [1.82, 2.24) is 10.1 Å². The fraction of sp³-hybridized carbons (Fsp3) is 0. The van der Waals surface area contributed by atoms with Crippen LogP contribution in [0, 0.1) is 11.3 Å². The van der Waals surface area contributed by atoms with Crippen molar-refractivity contribution in [2.75, 3.05) is 0 Å². The maximum Gasteiger partial charge on any atom is 0.269 e. The molecule has 21 heavy (non-hydrogen) atoms. The van der Waals surface area contributed by atoms with E-state index in [4.69, 9.17) is 21.4 Å². The summed E-state index contributed by atoms with van der Waals surface area (Å²) in [6.45, 7) is 0. The molecule has 6 heteroatoms. The summed E-state index contributed by atoms with van der Waals surface area (Å²) in [6.07, 6.45) is 1.69. The molecule has 0 aliphatic heterocycles. The Morgan fingerprint density at radius 1 is 1.38 bits per heavy atom. The first-order valence-corrected chi connectivity index (χ1v) is 7.32. The lowest BCUT2D eigenvalue weighted by molar-refractivity contribution is 0.410. The Morgan fingerprint density at radius 2 is 2.29 bits per heavy atom. The van der Waals surface area contributed by atoms with Crippen molar-refractivity contribution in [3.63, 3.8) is 0 Å². The van der Waals surface area contributed by atoms with Crippen LogP contribution in [0.5, 0.6) is 0 Å². The fourth-order valence-corrected chi connectivity index (χ4v) is 2.57. The zero-order valence-corrected chi connectivity index (χ0v) is 12.2. The van der Waals surface area contributed by atoms with Crippen LogP contribution in [-0.2, 0) is 0 Å². The predicted octanol–water partition coefficient (Wildman–Crippen LogP) is 4.41. The van der Waals surface area contributed by atoms with Crippen LogP contribution in [0.1, 0.15) is 17.0 Å². The Bertz CT molecular complexity index is 831. The minimum atomic E-state index is 0.250. The number of halogens is 1. The lowest BCUT2D eigenvalue weighted by Crippen LogP contribution is -1.81. The van der Waals surface area contributed by atoms with Gasteiger partial charge >= 0.3 is 0 Å². The van der Waals surface area contributed by atoms with Gasteiger partial charge < -0.3 is 4.52 Å². The topological polar surface area (TPSA) is 62.7 Å². The van der Waals surface area contributed by atoms with Crippen LogP contribution < -0.4 is 0 Å². The summed E-state index contributed by atoms with van der Waals surface area (Å²) in [5, 5.41) is 17.0. The van der Waals surface area contributed by atoms with Crippen molar-refractivity contribution in [3.05, 3.63) is 58.1 Å². The van der Waals surface area contributed by atoms with Crippen LogP contribution in [0.2, 0.25) is 0 Å². The normalized spacial score (nSPS) is 11.3. The number of nitriles is 1. The van der Waals surface area contributed by atoms with Gasteiger partial charge in [-0.15, -0.1) is 0 Å². The summed E-state index contributed by atoms with van der Waals surface area (Å²) in [4.78, 5) is 4.26. The van der Waals surface area contributed by atoms with E-state index >= 15 is 0 Å². The largest absolute Gasteiger partial charge is 0.333 e. The van der Waals surface area contributed by atoms with Gasteiger partial charge in [0.1, 0.15) is 5.03 Å². The van der Waals surface area contributed by atoms with Crippen LogP contribution in [0.25, 0.3) is 22.5 Å². The Labute approximate surface area is 129 Å². The van der Waals surface area contributed by atoms with Crippen molar-refractivity contribution < 1.29 is 4.52 Å². The van der Waals surface area contributed by atoms with E-state index in [-0.39, 0.29) is 5.89 Å². The average Bonchev–Trinajstić information content (AvgIpc) is 3.18. The van der Waals surface area contributed by atoms with Crippen molar-refractivity contribution >= 4 is 34.0 Å². The molecule has 0 spiro atoms. The molecule has 3 rings (SSSR count). The highest BCUT2D eigenvalue weighted by atomic mass is 35.5. The van der Waals surface area contributed by atoms with Gasteiger partial charge in [-0.25, -0.2) is 0 Å². The second-order valence-corrected chi connectivity index (χ2v) is 5.35. The first-order chi connectivity index (χ1) is 10.3. The van der Waals surface area contributed by atoms with E-state index in [1.165, 1.54) is 0 Å². The molecule has 0 saturated carbocycles. The van der Waals surface area contributed by atoms with Crippen LogP contribution in [0.4, 0.5) is 0 Å². The number of thiophene rings is 1. The molecule has 0 unspecified atom stereocenters. The van der Waals surface area contributed by atoms with E-state index in [0.29, 0.717) is 16.4 Å². The minimum absolute atomic E-state index is 0.250. The molecule has 0 fully saturated rings. The van der Waals surface area contributed by atoms with Gasteiger partial charge in [0, 0.05) is 10.9 Å². The second-order valence-electron chi connectivity index (χ2n) is 4.16. The number of hydrogen-bond acceptors (Lipinski definition) is 5. The molecule has 0 saturated heterocycles. The number of benzene rings is 1. The van der Waals surface area contributed by atoms with Gasteiger partial charge in [-0.3, -0.25) is 0 Å². The average molecular weight is 314 g/mol. The molecule has 3 aromatic rings. The first-order valence-electron chi connectivity index (χ1n) is 6.00. The van der Waals surface area contributed by atoms with Crippen LogP contribution >= 0.6 is 22.9 Å². The Kier molecular flexibility index (Phi) is 3.82. The highest BCUT2D eigenvalue weighted by molar-refractivity contribution is 7.08. The van der Waals surface area contributed by atoms with E-state index in [1.54, 1.807) is 35.6 Å². The van der Waals surface area contributed by atoms with Crippen molar-refractivity contribution in [1.29, 1.82) is 5.26 Å². The zero-order chi connectivity index (χ0) is 14.7. The van der Waals surface area contributed by atoms with Crippen molar-refractivity contribution in [2.24, 2.45) is 0 Å². The molecule has 2 aromatic heterocycles. The molecular weight excluding hydrogens is 306 g/mol. The molecule has 0 atom stereocenters. The number of aromatic nitrogens is 2. The summed E-state index contributed by atoms with van der Waals surface area (Å²) in [7, 11) is 0. The highest BCUT2D eigenvalue weighted by Gasteiger charge is 2.11. The molecule has 0 aliphatic rings. The molecule has 0 radical (unpaired) electrons. The maximum absolute atomic E-state index is 8.88. The molecule has 0 aliphatic carbocycles. The van der Waals surface area contributed by atoms with Gasteiger partial charge in [-0.2, -0.15) is 21.6 Å². The van der Waals surface area contributed by atoms with E-state index < -0.39 is 0 Å². The molecule has 4 nitrogen and oxygen atoms in total. The second kappa shape index (κ2) is 5.92. The number of nitrogens with zero attached hydrogens (tertiary/aromatic N) is 3. The third-order valence-electron chi connectivity index (χ3n) is 2.72. The molecule has 102 valence electrons. The van der Waals surface area contributed by atoms with Crippen molar-refractivity contribution in [2.45, 2.75) is 0 Å². The third-order valence-corrected chi connectivity index (χ3v) is 3.67. The summed E-state index contributed by atoms with van der Waals surface area (Å²) in [5.74, 6) is 0.754. The van der Waals surface area contributed by atoms with Crippen LogP contribution in [0.3, 0.4) is 0 Å². The molecule has 1 aromatic carbocycles. The van der Waals surface area contributed by atoms with Gasteiger partial charge in [0.05, 0.1) is 11.6 Å². The number of rotatable bonds is 3. The summed E-state index contributed by atoms with van der Waals surface area (Å²) >= 11 is 7.75. The van der Waals surface area contributed by atoms with E-state index in [1.807, 2.05) is 22.9 Å². The Morgan fingerprint density at radius 3 is 3.05 bits per heavy atom. The van der Waals surface area contributed by atoms with Crippen LogP contribution in [-0.4, -0.2) is 10.1 Å². The minimum Gasteiger partial charge on any atom is -0.333 e. The summed E-state index contributed by atoms with van der Waals surface area (Å²) in [6, 6.07) is 11.1. The molecular formula is C15H8ClN3OS. The van der Waals surface area contributed by atoms with Gasteiger partial charge in [0.2, 0.25) is 5.82 Å². The van der Waals surface area contributed by atoms with E-state index in [9.17, 15) is 0 Å². The van der Waals surface area contributed by atoms with Gasteiger partial charge in [0.15, 0.2) is 0 Å². The summed E-state index contributed by atoms with van der Waals surface area (Å²) in [5.41, 5.74) is 2.26. The van der Waals surface area contributed by atoms with Gasteiger partial charge in [-0.05, 0) is 35.2 Å². The third kappa shape index (κ3) is 3.02. The lowest BCUT2D eigenvalue weighted by Gasteiger charge is -1.95. The molecule has 0 amide bonds. The van der Waals surface area contributed by atoms with Gasteiger partial charge in [-0.1, -0.05) is 28.9 Å². The standard InChI is InChI=1S/C15H8ClN3OS/c16-13(7-10-2-1-3-11(6-10)8-17)15-18-14(19-20-15)12-4-5-21-9-12/h1-7,9H/b13-7-. The van der Waals surface area contributed by atoms with Gasteiger partial charge in [0.25, 0.3) is 5.89 Å². The molecule has 0 bridgehead atoms. The molecule has 2 heterocycles. The SMILES string of the molecule is N#Cc1cccc(/C=C(\Cl)c2nc(-c3ccsc3)no2)c1. The Hall–Kier alpha value is -2.42. The van der Waals surface area contributed by atoms with E-state index in [0.717, 1.165) is 11.1 Å². The molecule has 0 N–H and O–H groups in total. The zero-order valence-electron chi connectivity index (χ0n) is 10.7. The van der Waals surface area contributed by atoms with Crippen LogP contribution in [0.15, 0.2) is 45.6 Å². The smallest absolute Gasteiger partial charge is 0.269 e. The monoisotopic (exact) mass is 313 g/mol. The predicted molar refractivity (Wildman–Crippen MR) is 82.5 cm³/mol. The number of hydrogen-bond donors (Lipinski definition) is 0. The maximum atomic E-state index is 8.88. The highest BCUT2D eigenvalue weighted by Crippen LogP contribution is 2.25. The first kappa shape index (κ1) is 13.6. The Balaban J connectivity index is 1.89. The fourth-order valence-electron chi connectivity index (χ4n) is 1.74. The quantitative estimate of drug-likeness (QED) is 0.718. The van der Waals surface area contributed by atoms with Crippen molar-refractivity contribution in [3.8, 4) is 17.5 Å². The van der Waals surface area contributed by atoms with E-state index in [2.05, 4.69) is 16.2 Å². The lowest BCUT2D eigenvalue weighted by atomic mass is 10.1.